The second-order valence-electron chi connectivity index (χ2n) is 7.64. The van der Waals surface area contributed by atoms with E-state index >= 15 is 0 Å². The van der Waals surface area contributed by atoms with Gasteiger partial charge in [-0.2, -0.15) is 0 Å². The molecule has 9 heteroatoms. The van der Waals surface area contributed by atoms with Crippen LogP contribution in [0.2, 0.25) is 0 Å². The van der Waals surface area contributed by atoms with Crippen LogP contribution >= 0.6 is 0 Å². The molecule has 3 aromatic rings. The Hall–Kier alpha value is -2.46. The Morgan fingerprint density at radius 1 is 0.812 bits per heavy atom. The van der Waals surface area contributed by atoms with Crippen molar-refractivity contribution in [2.75, 3.05) is 19.7 Å². The van der Waals surface area contributed by atoms with Crippen LogP contribution in [-0.4, -0.2) is 41.8 Å². The van der Waals surface area contributed by atoms with Crippen LogP contribution in [0.5, 0.6) is 5.75 Å². The van der Waals surface area contributed by atoms with Crippen LogP contribution in [0.3, 0.4) is 0 Å². The first kappa shape index (κ1) is 24.2. The SMILES string of the molecule is CC(C)S(=O)(=O)NCCc1ccc2cc(OCCNS(=O)(=O)c3ccccc3)ccc2c1. The summed E-state index contributed by atoms with van der Waals surface area (Å²) in [5.74, 6) is 0.647. The molecule has 0 unspecified atom stereocenters. The van der Waals surface area contributed by atoms with E-state index in [0.29, 0.717) is 18.7 Å². The molecule has 0 aliphatic heterocycles. The number of fused-ring (bicyclic) bond motifs is 1. The van der Waals surface area contributed by atoms with Crippen molar-refractivity contribution in [3.05, 3.63) is 72.3 Å². The summed E-state index contributed by atoms with van der Waals surface area (Å²) < 4.78 is 58.9. The van der Waals surface area contributed by atoms with Crippen molar-refractivity contribution < 1.29 is 21.6 Å². The van der Waals surface area contributed by atoms with E-state index in [1.807, 2.05) is 36.4 Å². The Balaban J connectivity index is 1.53. The molecule has 0 radical (unpaired) electrons. The van der Waals surface area contributed by atoms with Gasteiger partial charge in [0.1, 0.15) is 12.4 Å². The second kappa shape index (κ2) is 10.4. The maximum atomic E-state index is 12.2. The summed E-state index contributed by atoms with van der Waals surface area (Å²) in [4.78, 5) is 0.221. The summed E-state index contributed by atoms with van der Waals surface area (Å²) in [6, 6.07) is 19.8. The maximum absolute atomic E-state index is 12.2. The molecule has 0 saturated heterocycles. The molecule has 3 aromatic carbocycles. The monoisotopic (exact) mass is 476 g/mol. The van der Waals surface area contributed by atoms with Crippen LogP contribution in [-0.2, 0) is 26.5 Å². The number of hydrogen-bond donors (Lipinski definition) is 2. The van der Waals surface area contributed by atoms with E-state index in [1.54, 1.807) is 44.2 Å². The average Bonchev–Trinajstić information content (AvgIpc) is 2.77. The van der Waals surface area contributed by atoms with Crippen LogP contribution in [0.25, 0.3) is 10.8 Å². The van der Waals surface area contributed by atoms with Crippen LogP contribution in [0.4, 0.5) is 0 Å². The highest BCUT2D eigenvalue weighted by Gasteiger charge is 2.14. The van der Waals surface area contributed by atoms with E-state index in [-0.39, 0.29) is 18.0 Å². The summed E-state index contributed by atoms with van der Waals surface area (Å²) in [5.41, 5.74) is 1.04. The van der Waals surface area contributed by atoms with Gasteiger partial charge in [-0.15, -0.1) is 0 Å². The van der Waals surface area contributed by atoms with E-state index < -0.39 is 25.3 Å². The molecule has 0 fully saturated rings. The second-order valence-corrected chi connectivity index (χ2v) is 11.7. The minimum Gasteiger partial charge on any atom is -0.492 e. The van der Waals surface area contributed by atoms with Crippen molar-refractivity contribution in [2.24, 2.45) is 0 Å². The Labute approximate surface area is 189 Å². The highest BCUT2D eigenvalue weighted by atomic mass is 32.2. The Morgan fingerprint density at radius 2 is 1.50 bits per heavy atom. The first-order valence-corrected chi connectivity index (χ1v) is 13.4. The zero-order valence-corrected chi connectivity index (χ0v) is 19.7. The van der Waals surface area contributed by atoms with Gasteiger partial charge in [-0.05, 0) is 60.9 Å². The zero-order valence-electron chi connectivity index (χ0n) is 18.1. The largest absolute Gasteiger partial charge is 0.492 e. The summed E-state index contributed by atoms with van der Waals surface area (Å²) in [6.07, 6.45) is 0.599. The molecule has 3 rings (SSSR count). The van der Waals surface area contributed by atoms with Gasteiger partial charge in [0.15, 0.2) is 0 Å². The maximum Gasteiger partial charge on any atom is 0.240 e. The fourth-order valence-electron chi connectivity index (χ4n) is 3.05. The van der Waals surface area contributed by atoms with Crippen molar-refractivity contribution in [3.63, 3.8) is 0 Å². The minimum absolute atomic E-state index is 0.153. The van der Waals surface area contributed by atoms with Gasteiger partial charge >= 0.3 is 0 Å². The highest BCUT2D eigenvalue weighted by molar-refractivity contribution is 7.90. The fraction of sp³-hybridized carbons (Fsp3) is 0.304. The van der Waals surface area contributed by atoms with Crippen molar-refractivity contribution in [1.29, 1.82) is 0 Å². The molecule has 0 aliphatic carbocycles. The lowest BCUT2D eigenvalue weighted by atomic mass is 10.0. The van der Waals surface area contributed by atoms with Gasteiger partial charge in [0, 0.05) is 13.1 Å². The molecule has 2 N–H and O–H groups in total. The van der Waals surface area contributed by atoms with Crippen molar-refractivity contribution >= 4 is 30.8 Å². The quantitative estimate of drug-likeness (QED) is 0.414. The molecule has 0 amide bonds. The van der Waals surface area contributed by atoms with Crippen LogP contribution in [0.1, 0.15) is 19.4 Å². The normalized spacial score (nSPS) is 12.3. The lowest BCUT2D eigenvalue weighted by Crippen LogP contribution is -2.32. The summed E-state index contributed by atoms with van der Waals surface area (Å²) in [6.45, 7) is 4.00. The summed E-state index contributed by atoms with van der Waals surface area (Å²) in [7, 11) is -6.81. The third-order valence-corrected chi connectivity index (χ3v) is 8.25. The van der Waals surface area contributed by atoms with Gasteiger partial charge in [0.2, 0.25) is 20.0 Å². The molecule has 0 saturated carbocycles. The molecule has 0 aromatic heterocycles. The van der Waals surface area contributed by atoms with Crippen molar-refractivity contribution in [1.82, 2.24) is 9.44 Å². The molecule has 0 bridgehead atoms. The standard InChI is InChI=1S/C23H28N2O5S2/c1-18(2)31(26,27)24-13-12-19-8-9-21-17-22(11-10-20(21)16-19)30-15-14-25-32(28,29)23-6-4-3-5-7-23/h3-11,16-18,24-25H,12-15H2,1-2H3. The van der Waals surface area contributed by atoms with Gasteiger partial charge in [-0.3, -0.25) is 0 Å². The first-order valence-electron chi connectivity index (χ1n) is 10.4. The molecular weight excluding hydrogens is 448 g/mol. The van der Waals surface area contributed by atoms with Gasteiger partial charge in [-0.1, -0.05) is 42.5 Å². The van der Waals surface area contributed by atoms with Crippen molar-refractivity contribution in [3.8, 4) is 5.75 Å². The van der Waals surface area contributed by atoms with Gasteiger partial charge in [-0.25, -0.2) is 26.3 Å². The smallest absolute Gasteiger partial charge is 0.240 e. The van der Waals surface area contributed by atoms with Crippen LogP contribution < -0.4 is 14.2 Å². The molecule has 7 nitrogen and oxygen atoms in total. The topological polar surface area (TPSA) is 102 Å². The van der Waals surface area contributed by atoms with Crippen LogP contribution in [0.15, 0.2) is 71.6 Å². The van der Waals surface area contributed by atoms with E-state index in [9.17, 15) is 16.8 Å². The minimum atomic E-state index is -3.55. The average molecular weight is 477 g/mol. The van der Waals surface area contributed by atoms with Gasteiger partial charge in [0.25, 0.3) is 0 Å². The molecule has 0 heterocycles. The Morgan fingerprint density at radius 3 is 2.22 bits per heavy atom. The van der Waals surface area contributed by atoms with E-state index in [4.69, 9.17) is 4.74 Å². The van der Waals surface area contributed by atoms with E-state index in [0.717, 1.165) is 16.3 Å². The molecule has 0 spiro atoms. The summed E-state index contributed by atoms with van der Waals surface area (Å²) >= 11 is 0. The number of rotatable bonds is 11. The number of sulfonamides is 2. The first-order chi connectivity index (χ1) is 15.2. The van der Waals surface area contributed by atoms with Crippen molar-refractivity contribution in [2.45, 2.75) is 30.4 Å². The number of nitrogens with one attached hydrogen (secondary N) is 2. The van der Waals surface area contributed by atoms with Gasteiger partial charge in [0.05, 0.1) is 10.1 Å². The predicted octanol–water partition coefficient (Wildman–Crippen LogP) is 3.07. The number of hydrogen-bond acceptors (Lipinski definition) is 5. The van der Waals surface area contributed by atoms with Crippen LogP contribution in [0, 0.1) is 0 Å². The molecule has 172 valence electrons. The molecule has 32 heavy (non-hydrogen) atoms. The molecule has 0 atom stereocenters. The lowest BCUT2D eigenvalue weighted by molar-refractivity contribution is 0.323. The Kier molecular flexibility index (Phi) is 7.89. The molecule has 0 aliphatic rings. The zero-order chi connectivity index (χ0) is 23.2. The molecular formula is C23H28N2O5S2. The highest BCUT2D eigenvalue weighted by Crippen LogP contribution is 2.22. The third kappa shape index (κ3) is 6.52. The Bertz CT molecular complexity index is 1260. The third-order valence-electron chi connectivity index (χ3n) is 4.93. The fourth-order valence-corrected chi connectivity index (χ4v) is 4.80. The van der Waals surface area contributed by atoms with Gasteiger partial charge < -0.3 is 4.74 Å². The lowest BCUT2D eigenvalue weighted by Gasteiger charge is -2.11. The number of ether oxygens (including phenoxy) is 1. The number of benzene rings is 3. The predicted molar refractivity (Wildman–Crippen MR) is 127 cm³/mol. The van der Waals surface area contributed by atoms with E-state index in [2.05, 4.69) is 9.44 Å². The van der Waals surface area contributed by atoms with E-state index in [1.165, 1.54) is 0 Å². The summed E-state index contributed by atoms with van der Waals surface area (Å²) in [5, 5.41) is 1.55.